The molecule has 4 aromatic rings. The summed E-state index contributed by atoms with van der Waals surface area (Å²) in [5, 5.41) is 7.93. The molecule has 0 radical (unpaired) electrons. The van der Waals surface area contributed by atoms with Crippen molar-refractivity contribution in [3.63, 3.8) is 0 Å². The third kappa shape index (κ3) is 5.74. The smallest absolute Gasteiger partial charge is 0.416 e. The fourth-order valence-corrected chi connectivity index (χ4v) is 3.35. The third-order valence-corrected chi connectivity index (χ3v) is 4.97. The van der Waals surface area contributed by atoms with Crippen molar-refractivity contribution in [2.45, 2.75) is 12.8 Å². The number of nitrogens with zero attached hydrogens (tertiary/aromatic N) is 5. The van der Waals surface area contributed by atoms with Crippen LogP contribution in [0, 0.1) is 5.82 Å². The number of aliphatic imine (C=N–C) groups is 1. The van der Waals surface area contributed by atoms with Gasteiger partial charge in [-0.2, -0.15) is 32.1 Å². The molecule has 0 aliphatic carbocycles. The second kappa shape index (κ2) is 10.6. The number of rotatable bonds is 7. The Balaban J connectivity index is 1.74. The van der Waals surface area contributed by atoms with Gasteiger partial charge >= 0.3 is 12.8 Å². The topological polar surface area (TPSA) is 100 Å². The van der Waals surface area contributed by atoms with Crippen LogP contribution < -0.4 is 15.9 Å². The third-order valence-electron chi connectivity index (χ3n) is 4.97. The predicted octanol–water partition coefficient (Wildman–Crippen LogP) is 4.77. The van der Waals surface area contributed by atoms with E-state index in [0.717, 1.165) is 58.2 Å². The van der Waals surface area contributed by atoms with E-state index in [1.54, 1.807) is 0 Å². The highest BCUT2D eigenvalue weighted by Crippen LogP contribution is 2.31. The summed E-state index contributed by atoms with van der Waals surface area (Å²) in [6.07, 6.45) is -0.0781. The van der Waals surface area contributed by atoms with Crippen LogP contribution in [0.25, 0.3) is 11.4 Å². The SMILES string of the molecule is NC=CC(=Nc1cccc(C(F)(F)F)c1)c1nn(-c2ccc(-n3nccc3OC(F)F)cc2F)ccc1=O. The number of hydrogen-bond acceptors (Lipinski definition) is 6. The molecule has 14 heteroatoms. The van der Waals surface area contributed by atoms with Gasteiger partial charge in [0.1, 0.15) is 5.69 Å². The van der Waals surface area contributed by atoms with Crippen molar-refractivity contribution in [3.05, 3.63) is 107 Å². The summed E-state index contributed by atoms with van der Waals surface area (Å²) in [6, 6.07) is 9.90. The van der Waals surface area contributed by atoms with E-state index in [4.69, 9.17) is 5.73 Å². The van der Waals surface area contributed by atoms with Crippen LogP contribution in [0.2, 0.25) is 0 Å². The summed E-state index contributed by atoms with van der Waals surface area (Å²) >= 11 is 0. The number of aromatic nitrogens is 4. The molecule has 0 bridgehead atoms. The van der Waals surface area contributed by atoms with Gasteiger partial charge in [-0.25, -0.2) is 18.7 Å². The number of hydrogen-bond donors (Lipinski definition) is 1. The van der Waals surface area contributed by atoms with E-state index in [2.05, 4.69) is 19.9 Å². The highest BCUT2D eigenvalue weighted by molar-refractivity contribution is 6.08. The molecule has 0 aliphatic rings. The number of nitrogens with two attached hydrogens (primary N) is 1. The number of allylic oxidation sites excluding steroid dienone is 1. The van der Waals surface area contributed by atoms with Crippen LogP contribution in [0.3, 0.4) is 0 Å². The maximum absolute atomic E-state index is 15.1. The molecule has 0 atom stereocenters. The molecule has 2 aromatic carbocycles. The first kappa shape index (κ1) is 26.2. The summed E-state index contributed by atoms with van der Waals surface area (Å²) in [4.78, 5) is 16.6. The second-order valence-electron chi connectivity index (χ2n) is 7.47. The molecule has 196 valence electrons. The Morgan fingerprint density at radius 3 is 2.58 bits per heavy atom. The first-order chi connectivity index (χ1) is 18.1. The standard InChI is InChI=1S/C24H16F6N6O2/c25-17-13-16(36-21(7-10-32-36)38-23(26)27)4-5-19(17)35-11-8-20(37)22(34-35)18(6-9-31)33-15-3-1-2-14(12-15)24(28,29)30/h1-13,23H,31H2. The zero-order valence-electron chi connectivity index (χ0n) is 19.0. The lowest BCUT2D eigenvalue weighted by Crippen LogP contribution is -2.21. The van der Waals surface area contributed by atoms with Crippen molar-refractivity contribution < 1.29 is 31.1 Å². The minimum Gasteiger partial charge on any atom is -0.417 e. The van der Waals surface area contributed by atoms with Crippen LogP contribution in [0.5, 0.6) is 5.88 Å². The lowest BCUT2D eigenvalue weighted by molar-refractivity contribution is -0.137. The zero-order valence-corrected chi connectivity index (χ0v) is 19.0. The quantitative estimate of drug-likeness (QED) is 0.272. The molecule has 4 rings (SSSR count). The molecule has 0 saturated carbocycles. The zero-order chi connectivity index (χ0) is 27.4. The van der Waals surface area contributed by atoms with E-state index < -0.39 is 29.6 Å². The molecule has 0 aliphatic heterocycles. The summed E-state index contributed by atoms with van der Waals surface area (Å²) < 4.78 is 85.8. The van der Waals surface area contributed by atoms with Crippen molar-refractivity contribution in [2.75, 3.05) is 0 Å². The van der Waals surface area contributed by atoms with Crippen molar-refractivity contribution >= 4 is 11.4 Å². The van der Waals surface area contributed by atoms with Gasteiger partial charge < -0.3 is 10.5 Å². The molecule has 2 N–H and O–H groups in total. The minimum absolute atomic E-state index is 0.0611. The van der Waals surface area contributed by atoms with Gasteiger partial charge in [-0.3, -0.25) is 4.79 Å². The molecule has 2 aromatic heterocycles. The highest BCUT2D eigenvalue weighted by atomic mass is 19.4. The van der Waals surface area contributed by atoms with E-state index in [1.807, 2.05) is 0 Å². The van der Waals surface area contributed by atoms with Gasteiger partial charge in [-0.15, -0.1) is 0 Å². The fraction of sp³-hybridized carbons (Fsp3) is 0.0833. The molecule has 0 fully saturated rings. The Morgan fingerprint density at radius 2 is 1.89 bits per heavy atom. The van der Waals surface area contributed by atoms with Crippen molar-refractivity contribution in [2.24, 2.45) is 10.7 Å². The Hall–Kier alpha value is -4.88. The lowest BCUT2D eigenvalue weighted by atomic mass is 10.2. The Labute approximate surface area is 209 Å². The monoisotopic (exact) mass is 534 g/mol. The predicted molar refractivity (Wildman–Crippen MR) is 125 cm³/mol. The molecule has 0 saturated heterocycles. The molecule has 8 nitrogen and oxygen atoms in total. The van der Waals surface area contributed by atoms with Gasteiger partial charge in [0.15, 0.2) is 11.5 Å². The van der Waals surface area contributed by atoms with Crippen LogP contribution in [0.1, 0.15) is 11.3 Å². The Morgan fingerprint density at radius 1 is 1.11 bits per heavy atom. The molecule has 0 unspecified atom stereocenters. The summed E-state index contributed by atoms with van der Waals surface area (Å²) in [7, 11) is 0. The van der Waals surface area contributed by atoms with Crippen LogP contribution in [-0.4, -0.2) is 31.9 Å². The number of ether oxygens (including phenoxy) is 1. The normalized spacial score (nSPS) is 12.4. The number of halogens is 6. The average Bonchev–Trinajstić information content (AvgIpc) is 3.31. The molecular formula is C24H16F6N6O2. The van der Waals surface area contributed by atoms with E-state index in [9.17, 15) is 26.7 Å². The van der Waals surface area contributed by atoms with Crippen molar-refractivity contribution in [3.8, 4) is 17.3 Å². The summed E-state index contributed by atoms with van der Waals surface area (Å²) in [5.41, 5.74) is 3.13. The maximum Gasteiger partial charge on any atom is 0.416 e. The van der Waals surface area contributed by atoms with Gasteiger partial charge in [0.05, 0.1) is 28.8 Å². The van der Waals surface area contributed by atoms with Gasteiger partial charge in [-0.05, 0) is 42.6 Å². The summed E-state index contributed by atoms with van der Waals surface area (Å²) in [5.74, 6) is -1.19. The van der Waals surface area contributed by atoms with Gasteiger partial charge in [0, 0.05) is 24.4 Å². The Kier molecular flexibility index (Phi) is 7.32. The van der Waals surface area contributed by atoms with E-state index >= 15 is 4.39 Å². The first-order valence-corrected chi connectivity index (χ1v) is 10.6. The first-order valence-electron chi connectivity index (χ1n) is 10.6. The van der Waals surface area contributed by atoms with Gasteiger partial charge in [0.25, 0.3) is 0 Å². The minimum atomic E-state index is -4.61. The van der Waals surface area contributed by atoms with E-state index in [1.165, 1.54) is 30.5 Å². The Bertz CT molecular complexity index is 1580. The lowest BCUT2D eigenvalue weighted by Gasteiger charge is -2.12. The second-order valence-corrected chi connectivity index (χ2v) is 7.47. The molecule has 38 heavy (non-hydrogen) atoms. The number of benzene rings is 2. The average molecular weight is 534 g/mol. The fourth-order valence-electron chi connectivity index (χ4n) is 3.35. The van der Waals surface area contributed by atoms with Crippen LogP contribution >= 0.6 is 0 Å². The molecule has 0 spiro atoms. The van der Waals surface area contributed by atoms with Crippen LogP contribution in [0.15, 0.2) is 89.1 Å². The van der Waals surface area contributed by atoms with Crippen molar-refractivity contribution in [1.29, 1.82) is 0 Å². The van der Waals surface area contributed by atoms with Crippen molar-refractivity contribution in [1.82, 2.24) is 19.6 Å². The number of alkyl halides is 5. The van der Waals surface area contributed by atoms with Crippen LogP contribution in [-0.2, 0) is 6.18 Å². The van der Waals surface area contributed by atoms with Gasteiger partial charge in [-0.1, -0.05) is 6.07 Å². The van der Waals surface area contributed by atoms with Gasteiger partial charge in [0.2, 0.25) is 11.3 Å². The van der Waals surface area contributed by atoms with Crippen LogP contribution in [0.4, 0.5) is 32.0 Å². The van der Waals surface area contributed by atoms with E-state index in [-0.39, 0.29) is 34.3 Å². The summed E-state index contributed by atoms with van der Waals surface area (Å²) in [6.45, 7) is -3.12. The molecule has 0 amide bonds. The maximum atomic E-state index is 15.1. The molecular weight excluding hydrogens is 518 g/mol. The largest absolute Gasteiger partial charge is 0.417 e. The van der Waals surface area contributed by atoms with E-state index in [0.29, 0.717) is 0 Å². The highest BCUT2D eigenvalue weighted by Gasteiger charge is 2.30. The molecule has 2 heterocycles.